The average Bonchev–Trinajstić information content (AvgIpc) is 3.29. The quantitative estimate of drug-likeness (QED) is 0.928. The molecule has 1 saturated carbocycles. The van der Waals surface area contributed by atoms with Crippen LogP contribution in [0.15, 0.2) is 24.3 Å². The molecule has 5 heteroatoms. The predicted octanol–water partition coefficient (Wildman–Crippen LogP) is 2.36. The lowest BCUT2D eigenvalue weighted by atomic mass is 10.0. The molecule has 0 radical (unpaired) electrons. The van der Waals surface area contributed by atoms with Crippen LogP contribution in [0, 0.1) is 5.92 Å². The van der Waals surface area contributed by atoms with Gasteiger partial charge in [0.2, 0.25) is 11.8 Å². The van der Waals surface area contributed by atoms with E-state index in [1.165, 1.54) is 0 Å². The third-order valence-corrected chi connectivity index (χ3v) is 4.67. The Labute approximate surface area is 129 Å². The summed E-state index contributed by atoms with van der Waals surface area (Å²) in [5.41, 5.74) is 0.884. The zero-order valence-electron chi connectivity index (χ0n) is 12.0. The van der Waals surface area contributed by atoms with Crippen molar-refractivity contribution < 1.29 is 9.59 Å². The van der Waals surface area contributed by atoms with E-state index >= 15 is 0 Å². The molecule has 112 valence electrons. The maximum absolute atomic E-state index is 12.7. The summed E-state index contributed by atoms with van der Waals surface area (Å²) in [6, 6.07) is 6.73. The van der Waals surface area contributed by atoms with Crippen molar-refractivity contribution in [3.8, 4) is 0 Å². The molecule has 1 aliphatic carbocycles. The number of hydrogen-bond donors (Lipinski definition) is 1. The Bertz CT molecular complexity index is 571. The maximum atomic E-state index is 12.7. The van der Waals surface area contributed by atoms with Gasteiger partial charge in [-0.15, -0.1) is 0 Å². The Morgan fingerprint density at radius 1 is 1.29 bits per heavy atom. The van der Waals surface area contributed by atoms with E-state index in [2.05, 4.69) is 5.32 Å². The Kier molecular flexibility index (Phi) is 3.89. The molecule has 1 aliphatic heterocycles. The molecule has 1 N–H and O–H groups in total. The van der Waals surface area contributed by atoms with Crippen molar-refractivity contribution in [2.24, 2.45) is 5.92 Å². The van der Waals surface area contributed by atoms with Crippen molar-refractivity contribution in [1.29, 1.82) is 0 Å². The van der Waals surface area contributed by atoms with Crippen molar-refractivity contribution in [2.45, 2.75) is 44.8 Å². The molecule has 0 spiro atoms. The van der Waals surface area contributed by atoms with Crippen molar-refractivity contribution in [1.82, 2.24) is 10.2 Å². The van der Waals surface area contributed by atoms with Gasteiger partial charge >= 0.3 is 0 Å². The van der Waals surface area contributed by atoms with E-state index in [0.717, 1.165) is 18.4 Å². The first kappa shape index (κ1) is 14.4. The number of carbonyl (C=O) groups is 2. The molecule has 4 nitrogen and oxygen atoms in total. The summed E-state index contributed by atoms with van der Waals surface area (Å²) >= 11 is 6.19. The molecule has 2 unspecified atom stereocenters. The number of carbonyl (C=O) groups excluding carboxylic acids is 2. The SMILES string of the molecule is CCC1C(=O)NC(C2CC2)C(=O)N1Cc1ccccc1Cl. The molecule has 2 amide bonds. The van der Waals surface area contributed by atoms with E-state index in [-0.39, 0.29) is 17.9 Å². The predicted molar refractivity (Wildman–Crippen MR) is 80.7 cm³/mol. The van der Waals surface area contributed by atoms with Crippen molar-refractivity contribution >= 4 is 23.4 Å². The minimum Gasteiger partial charge on any atom is -0.342 e. The van der Waals surface area contributed by atoms with E-state index in [0.29, 0.717) is 23.9 Å². The molecule has 2 fully saturated rings. The second-order valence-electron chi connectivity index (χ2n) is 5.81. The van der Waals surface area contributed by atoms with E-state index in [1.54, 1.807) is 4.90 Å². The van der Waals surface area contributed by atoms with Crippen LogP contribution in [0.25, 0.3) is 0 Å². The highest BCUT2D eigenvalue weighted by atomic mass is 35.5. The molecule has 0 aromatic heterocycles. The van der Waals surface area contributed by atoms with Crippen LogP contribution < -0.4 is 5.32 Å². The maximum Gasteiger partial charge on any atom is 0.246 e. The van der Waals surface area contributed by atoms with Crippen molar-refractivity contribution in [3.05, 3.63) is 34.9 Å². The van der Waals surface area contributed by atoms with Gasteiger partial charge in [0.1, 0.15) is 12.1 Å². The van der Waals surface area contributed by atoms with E-state index in [1.807, 2.05) is 31.2 Å². The fourth-order valence-corrected chi connectivity index (χ4v) is 3.13. The fraction of sp³-hybridized carbons (Fsp3) is 0.500. The van der Waals surface area contributed by atoms with E-state index < -0.39 is 6.04 Å². The van der Waals surface area contributed by atoms with Crippen LogP contribution in [0.5, 0.6) is 0 Å². The molecular formula is C16H19ClN2O2. The number of nitrogens with one attached hydrogen (secondary N) is 1. The molecule has 2 aliphatic rings. The Morgan fingerprint density at radius 2 is 2.00 bits per heavy atom. The zero-order chi connectivity index (χ0) is 15.0. The van der Waals surface area contributed by atoms with E-state index in [9.17, 15) is 9.59 Å². The van der Waals surface area contributed by atoms with Gasteiger partial charge < -0.3 is 10.2 Å². The lowest BCUT2D eigenvalue weighted by molar-refractivity contribution is -0.150. The largest absolute Gasteiger partial charge is 0.342 e. The first-order valence-corrected chi connectivity index (χ1v) is 7.84. The number of piperazine rings is 1. The number of benzene rings is 1. The van der Waals surface area contributed by atoms with Crippen LogP contribution in [0.2, 0.25) is 5.02 Å². The number of rotatable bonds is 4. The average molecular weight is 307 g/mol. The van der Waals surface area contributed by atoms with Crippen LogP contribution in [-0.4, -0.2) is 28.8 Å². The first-order chi connectivity index (χ1) is 10.1. The summed E-state index contributed by atoms with van der Waals surface area (Å²) in [5.74, 6) is 0.304. The van der Waals surface area contributed by atoms with Crippen LogP contribution in [0.4, 0.5) is 0 Å². The topological polar surface area (TPSA) is 49.4 Å². The summed E-state index contributed by atoms with van der Waals surface area (Å²) < 4.78 is 0. The van der Waals surface area contributed by atoms with Gasteiger partial charge in [-0.25, -0.2) is 0 Å². The van der Waals surface area contributed by atoms with Gasteiger partial charge in [0.05, 0.1) is 0 Å². The molecule has 3 rings (SSSR count). The van der Waals surface area contributed by atoms with Crippen LogP contribution in [0.3, 0.4) is 0 Å². The molecule has 1 aromatic rings. The highest BCUT2D eigenvalue weighted by Gasteiger charge is 2.46. The second-order valence-corrected chi connectivity index (χ2v) is 6.21. The summed E-state index contributed by atoms with van der Waals surface area (Å²) in [6.07, 6.45) is 2.65. The standard InChI is InChI=1S/C16H19ClN2O2/c1-2-13-15(20)18-14(10-7-8-10)16(21)19(13)9-11-5-3-4-6-12(11)17/h3-6,10,13-14H,2,7-9H2,1H3,(H,18,20). The highest BCUT2D eigenvalue weighted by Crippen LogP contribution is 2.35. The lowest BCUT2D eigenvalue weighted by Gasteiger charge is -2.39. The molecule has 0 bridgehead atoms. The minimum atomic E-state index is -0.399. The third-order valence-electron chi connectivity index (χ3n) is 4.30. The molecule has 1 heterocycles. The Morgan fingerprint density at radius 3 is 2.62 bits per heavy atom. The summed E-state index contributed by atoms with van der Waals surface area (Å²) in [7, 11) is 0. The second kappa shape index (κ2) is 5.68. The smallest absolute Gasteiger partial charge is 0.246 e. The fourth-order valence-electron chi connectivity index (χ4n) is 2.94. The number of nitrogens with zero attached hydrogens (tertiary/aromatic N) is 1. The normalized spacial score (nSPS) is 25.9. The Hall–Kier alpha value is -1.55. The van der Waals surface area contributed by atoms with Crippen LogP contribution >= 0.6 is 11.6 Å². The lowest BCUT2D eigenvalue weighted by Crippen LogP contribution is -2.63. The number of hydrogen-bond acceptors (Lipinski definition) is 2. The molecular weight excluding hydrogens is 288 g/mol. The van der Waals surface area contributed by atoms with Gasteiger partial charge in [0.15, 0.2) is 0 Å². The van der Waals surface area contributed by atoms with Gasteiger partial charge in [-0.1, -0.05) is 36.7 Å². The van der Waals surface area contributed by atoms with Gasteiger partial charge in [-0.3, -0.25) is 9.59 Å². The number of amides is 2. The van der Waals surface area contributed by atoms with Crippen molar-refractivity contribution in [2.75, 3.05) is 0 Å². The molecule has 2 atom stereocenters. The van der Waals surface area contributed by atoms with Gasteiger partial charge in [0, 0.05) is 11.6 Å². The van der Waals surface area contributed by atoms with Gasteiger partial charge in [-0.05, 0) is 36.8 Å². The summed E-state index contributed by atoms with van der Waals surface area (Å²) in [6.45, 7) is 2.32. The van der Waals surface area contributed by atoms with Crippen molar-refractivity contribution in [3.63, 3.8) is 0 Å². The zero-order valence-corrected chi connectivity index (χ0v) is 12.8. The monoisotopic (exact) mass is 306 g/mol. The molecule has 1 saturated heterocycles. The number of halogens is 1. The van der Waals surface area contributed by atoms with Gasteiger partial charge in [-0.2, -0.15) is 0 Å². The van der Waals surface area contributed by atoms with Crippen LogP contribution in [-0.2, 0) is 16.1 Å². The molecule has 1 aromatic carbocycles. The highest BCUT2D eigenvalue weighted by molar-refractivity contribution is 6.31. The molecule has 21 heavy (non-hydrogen) atoms. The minimum absolute atomic E-state index is 0.0314. The van der Waals surface area contributed by atoms with Gasteiger partial charge in [0.25, 0.3) is 0 Å². The Balaban J connectivity index is 1.86. The van der Waals surface area contributed by atoms with Crippen LogP contribution in [0.1, 0.15) is 31.7 Å². The summed E-state index contributed by atoms with van der Waals surface area (Å²) in [5, 5.41) is 3.53. The summed E-state index contributed by atoms with van der Waals surface area (Å²) in [4.78, 5) is 26.7. The first-order valence-electron chi connectivity index (χ1n) is 7.46. The third kappa shape index (κ3) is 2.77. The van der Waals surface area contributed by atoms with E-state index in [4.69, 9.17) is 11.6 Å².